The number of sulfonamides is 1. The zero-order chi connectivity index (χ0) is 15.5. The minimum Gasteiger partial charge on any atom is -0.494 e. The van der Waals surface area contributed by atoms with E-state index in [-0.39, 0.29) is 21.2 Å². The summed E-state index contributed by atoms with van der Waals surface area (Å²) >= 11 is 5.81. The molecule has 0 fully saturated rings. The van der Waals surface area contributed by atoms with Crippen LogP contribution in [0.1, 0.15) is 23.7 Å². The fourth-order valence-electron chi connectivity index (χ4n) is 1.73. The first kappa shape index (κ1) is 16.7. The van der Waals surface area contributed by atoms with Gasteiger partial charge in [-0.15, -0.1) is 0 Å². The first-order valence-corrected chi connectivity index (χ1v) is 7.64. The summed E-state index contributed by atoms with van der Waals surface area (Å²) in [7, 11) is -1.23. The molecule has 0 spiro atoms. The Bertz CT molecular complexity index is 615. The molecule has 0 aliphatic heterocycles. The standard InChI is InChI=1S/C12H16ClNO5S/c1-4-5-14(2)20(17,18)10-7-8(13)6-9(12(15)16)11(10)19-3/h6-7H,4-5H2,1-3H3,(H,15,16). The highest BCUT2D eigenvalue weighted by molar-refractivity contribution is 7.89. The first-order chi connectivity index (χ1) is 9.25. The molecule has 0 aliphatic carbocycles. The van der Waals surface area contributed by atoms with Gasteiger partial charge in [0.1, 0.15) is 10.5 Å². The molecule has 0 atom stereocenters. The molecular formula is C12H16ClNO5S. The highest BCUT2D eigenvalue weighted by Crippen LogP contribution is 2.33. The lowest BCUT2D eigenvalue weighted by molar-refractivity contribution is 0.0693. The topological polar surface area (TPSA) is 83.9 Å². The smallest absolute Gasteiger partial charge is 0.339 e. The lowest BCUT2D eigenvalue weighted by Gasteiger charge is -2.19. The quantitative estimate of drug-likeness (QED) is 0.867. The molecule has 1 aromatic rings. The SMILES string of the molecule is CCCN(C)S(=O)(=O)c1cc(Cl)cc(C(=O)O)c1OC. The number of methoxy groups -OCH3 is 1. The van der Waals surface area contributed by atoms with Crippen molar-refractivity contribution in [3.8, 4) is 5.75 Å². The number of benzene rings is 1. The van der Waals surface area contributed by atoms with E-state index in [0.717, 1.165) is 10.4 Å². The van der Waals surface area contributed by atoms with Crippen LogP contribution in [-0.2, 0) is 10.0 Å². The van der Waals surface area contributed by atoms with Crippen LogP contribution in [0.4, 0.5) is 0 Å². The van der Waals surface area contributed by atoms with Gasteiger partial charge < -0.3 is 9.84 Å². The van der Waals surface area contributed by atoms with Gasteiger partial charge in [0.25, 0.3) is 0 Å². The molecule has 0 amide bonds. The largest absolute Gasteiger partial charge is 0.494 e. The molecule has 8 heteroatoms. The Morgan fingerprint density at radius 3 is 2.50 bits per heavy atom. The molecule has 1 rings (SSSR count). The molecule has 0 aliphatic rings. The molecule has 0 saturated heterocycles. The van der Waals surface area contributed by atoms with Gasteiger partial charge in [0.15, 0.2) is 5.75 Å². The third-order valence-corrected chi connectivity index (χ3v) is 4.76. The van der Waals surface area contributed by atoms with Gasteiger partial charge in [-0.2, -0.15) is 0 Å². The molecular weight excluding hydrogens is 306 g/mol. The van der Waals surface area contributed by atoms with Crippen LogP contribution in [0.3, 0.4) is 0 Å². The number of carbonyl (C=O) groups is 1. The molecule has 112 valence electrons. The zero-order valence-electron chi connectivity index (χ0n) is 11.4. The third kappa shape index (κ3) is 3.23. The normalized spacial score (nSPS) is 11.7. The maximum atomic E-state index is 12.4. The Labute approximate surface area is 123 Å². The molecule has 1 N–H and O–H groups in total. The average Bonchev–Trinajstić information content (AvgIpc) is 2.37. The summed E-state index contributed by atoms with van der Waals surface area (Å²) in [5.41, 5.74) is -0.288. The van der Waals surface area contributed by atoms with Crippen LogP contribution in [0, 0.1) is 0 Å². The number of hydrogen-bond acceptors (Lipinski definition) is 4. The van der Waals surface area contributed by atoms with Gasteiger partial charge in [-0.1, -0.05) is 18.5 Å². The number of nitrogens with zero attached hydrogens (tertiary/aromatic N) is 1. The van der Waals surface area contributed by atoms with Crippen LogP contribution in [0.15, 0.2) is 17.0 Å². The lowest BCUT2D eigenvalue weighted by atomic mass is 10.2. The van der Waals surface area contributed by atoms with Crippen molar-refractivity contribution in [2.24, 2.45) is 0 Å². The summed E-state index contributed by atoms with van der Waals surface area (Å²) in [4.78, 5) is 10.9. The van der Waals surface area contributed by atoms with E-state index in [0.29, 0.717) is 13.0 Å². The molecule has 0 radical (unpaired) electrons. The van der Waals surface area contributed by atoms with E-state index in [1.54, 1.807) is 0 Å². The molecule has 0 heterocycles. The molecule has 0 unspecified atom stereocenters. The molecule has 20 heavy (non-hydrogen) atoms. The number of carboxylic acids is 1. The van der Waals surface area contributed by atoms with E-state index in [2.05, 4.69) is 0 Å². The Balaban J connectivity index is 3.56. The fraction of sp³-hybridized carbons (Fsp3) is 0.417. The van der Waals surface area contributed by atoms with Gasteiger partial charge in [-0.05, 0) is 18.6 Å². The highest BCUT2D eigenvalue weighted by atomic mass is 35.5. The van der Waals surface area contributed by atoms with Crippen molar-refractivity contribution in [2.45, 2.75) is 18.2 Å². The Morgan fingerprint density at radius 1 is 1.45 bits per heavy atom. The number of hydrogen-bond donors (Lipinski definition) is 1. The number of halogens is 1. The van der Waals surface area contributed by atoms with E-state index < -0.39 is 16.0 Å². The Hall–Kier alpha value is -1.31. The second-order valence-corrected chi connectivity index (χ2v) is 6.57. The van der Waals surface area contributed by atoms with Crippen molar-refractivity contribution in [3.63, 3.8) is 0 Å². The average molecular weight is 322 g/mol. The monoisotopic (exact) mass is 321 g/mol. The summed E-state index contributed by atoms with van der Waals surface area (Å²) in [5.74, 6) is -1.52. The Kier molecular flexibility index (Phi) is 5.38. The van der Waals surface area contributed by atoms with E-state index in [1.807, 2.05) is 6.92 Å². The maximum absolute atomic E-state index is 12.4. The highest BCUT2D eigenvalue weighted by Gasteiger charge is 2.28. The first-order valence-electron chi connectivity index (χ1n) is 5.82. The predicted octanol–water partition coefficient (Wildman–Crippen LogP) is 2.08. The molecule has 0 saturated carbocycles. The second-order valence-electron chi connectivity index (χ2n) is 4.12. The van der Waals surface area contributed by atoms with Crippen LogP contribution >= 0.6 is 11.6 Å². The molecule has 0 bridgehead atoms. The van der Waals surface area contributed by atoms with Crippen LogP contribution in [0.2, 0.25) is 5.02 Å². The van der Waals surface area contributed by atoms with Crippen molar-refractivity contribution in [1.29, 1.82) is 0 Å². The van der Waals surface area contributed by atoms with Crippen molar-refractivity contribution in [3.05, 3.63) is 22.7 Å². The van der Waals surface area contributed by atoms with E-state index in [4.69, 9.17) is 21.4 Å². The molecule has 0 aromatic heterocycles. The van der Waals surface area contributed by atoms with E-state index >= 15 is 0 Å². The number of aromatic carboxylic acids is 1. The summed E-state index contributed by atoms with van der Waals surface area (Å²) < 4.78 is 30.9. The van der Waals surface area contributed by atoms with Gasteiger partial charge in [-0.25, -0.2) is 17.5 Å². The molecule has 1 aromatic carbocycles. The zero-order valence-corrected chi connectivity index (χ0v) is 13.0. The van der Waals surface area contributed by atoms with Gasteiger partial charge in [0.05, 0.1) is 7.11 Å². The van der Waals surface area contributed by atoms with Crippen molar-refractivity contribution in [2.75, 3.05) is 20.7 Å². The summed E-state index contributed by atoms with van der Waals surface area (Å²) in [6, 6.07) is 2.34. The summed E-state index contributed by atoms with van der Waals surface area (Å²) in [5, 5.41) is 9.13. The maximum Gasteiger partial charge on any atom is 0.339 e. The number of carboxylic acid groups (broad SMARTS) is 1. The minimum atomic E-state index is -3.86. The number of rotatable bonds is 6. The van der Waals surface area contributed by atoms with Crippen molar-refractivity contribution >= 4 is 27.6 Å². The van der Waals surface area contributed by atoms with E-state index in [9.17, 15) is 13.2 Å². The van der Waals surface area contributed by atoms with Gasteiger partial charge in [-0.3, -0.25) is 0 Å². The van der Waals surface area contributed by atoms with Crippen LogP contribution in [-0.4, -0.2) is 44.5 Å². The van der Waals surface area contributed by atoms with Crippen molar-refractivity contribution in [1.82, 2.24) is 4.31 Å². The van der Waals surface area contributed by atoms with Crippen LogP contribution in [0.5, 0.6) is 5.75 Å². The van der Waals surface area contributed by atoms with Crippen molar-refractivity contribution < 1.29 is 23.1 Å². The number of ether oxygens (including phenoxy) is 1. The minimum absolute atomic E-state index is 0.0201. The van der Waals surface area contributed by atoms with Crippen LogP contribution in [0.25, 0.3) is 0 Å². The Morgan fingerprint density at radius 2 is 2.05 bits per heavy atom. The summed E-state index contributed by atoms with van der Waals surface area (Å²) in [6.45, 7) is 2.14. The predicted molar refractivity (Wildman–Crippen MR) is 75.1 cm³/mol. The van der Waals surface area contributed by atoms with Crippen LogP contribution < -0.4 is 4.74 Å². The van der Waals surface area contributed by atoms with Gasteiger partial charge in [0.2, 0.25) is 10.0 Å². The van der Waals surface area contributed by atoms with Gasteiger partial charge >= 0.3 is 5.97 Å². The molecule has 6 nitrogen and oxygen atoms in total. The lowest BCUT2D eigenvalue weighted by Crippen LogP contribution is -2.28. The summed E-state index contributed by atoms with van der Waals surface area (Å²) in [6.07, 6.45) is 0.629. The third-order valence-electron chi connectivity index (χ3n) is 2.68. The fourth-order valence-corrected chi connectivity index (χ4v) is 3.48. The van der Waals surface area contributed by atoms with E-state index in [1.165, 1.54) is 20.2 Å². The second kappa shape index (κ2) is 6.43. The van der Waals surface area contributed by atoms with Gasteiger partial charge in [0, 0.05) is 18.6 Å².